The van der Waals surface area contributed by atoms with Crippen molar-refractivity contribution >= 4 is 11.8 Å². The Kier molecular flexibility index (Phi) is 3.63. The first-order valence-electron chi connectivity index (χ1n) is 6.82. The van der Waals surface area contributed by atoms with Gasteiger partial charge in [0.2, 0.25) is 0 Å². The van der Waals surface area contributed by atoms with Crippen LogP contribution >= 0.6 is 11.8 Å². The van der Waals surface area contributed by atoms with Gasteiger partial charge in [0.15, 0.2) is 11.5 Å². The SMILES string of the molecule is COc1cc(CC2(O)CC2)ccc1OC1CCSC1. The first-order valence-corrected chi connectivity index (χ1v) is 7.98. The molecule has 2 aliphatic rings. The molecule has 0 radical (unpaired) electrons. The number of rotatable bonds is 5. The Bertz CT molecular complexity index is 451. The maximum absolute atomic E-state index is 9.97. The van der Waals surface area contributed by atoms with E-state index in [9.17, 15) is 5.11 Å². The average Bonchev–Trinajstić information content (AvgIpc) is 2.92. The Morgan fingerprint density at radius 1 is 1.37 bits per heavy atom. The molecule has 0 spiro atoms. The monoisotopic (exact) mass is 280 g/mol. The van der Waals surface area contributed by atoms with Gasteiger partial charge in [-0.1, -0.05) is 6.07 Å². The van der Waals surface area contributed by atoms with E-state index in [0.717, 1.165) is 42.1 Å². The fourth-order valence-electron chi connectivity index (χ4n) is 2.41. The molecule has 1 unspecified atom stereocenters. The Balaban J connectivity index is 1.72. The van der Waals surface area contributed by atoms with Crippen LogP contribution in [0.3, 0.4) is 0 Å². The van der Waals surface area contributed by atoms with Crippen LogP contribution in [0.25, 0.3) is 0 Å². The molecule has 1 N–H and O–H groups in total. The molecule has 0 amide bonds. The zero-order valence-electron chi connectivity index (χ0n) is 11.2. The van der Waals surface area contributed by atoms with Crippen LogP contribution in [-0.2, 0) is 6.42 Å². The first kappa shape index (κ1) is 13.1. The van der Waals surface area contributed by atoms with Gasteiger partial charge in [-0.25, -0.2) is 0 Å². The summed E-state index contributed by atoms with van der Waals surface area (Å²) in [6.07, 6.45) is 3.94. The second kappa shape index (κ2) is 5.25. The van der Waals surface area contributed by atoms with E-state index < -0.39 is 5.60 Å². The number of hydrogen-bond acceptors (Lipinski definition) is 4. The lowest BCUT2D eigenvalue weighted by atomic mass is 10.1. The summed E-state index contributed by atoms with van der Waals surface area (Å²) in [5, 5.41) is 9.97. The van der Waals surface area contributed by atoms with E-state index in [2.05, 4.69) is 0 Å². The third-order valence-corrected chi connectivity index (χ3v) is 4.90. The average molecular weight is 280 g/mol. The number of benzene rings is 1. The number of thioether (sulfide) groups is 1. The van der Waals surface area contributed by atoms with Gasteiger partial charge in [-0.2, -0.15) is 11.8 Å². The topological polar surface area (TPSA) is 38.7 Å². The Morgan fingerprint density at radius 3 is 2.84 bits per heavy atom. The number of methoxy groups -OCH3 is 1. The van der Waals surface area contributed by atoms with Gasteiger partial charge in [0.1, 0.15) is 6.10 Å². The Morgan fingerprint density at radius 2 is 2.21 bits per heavy atom. The van der Waals surface area contributed by atoms with E-state index >= 15 is 0 Å². The van der Waals surface area contributed by atoms with Crippen LogP contribution in [0.2, 0.25) is 0 Å². The fourth-order valence-corrected chi connectivity index (χ4v) is 3.50. The molecule has 4 heteroatoms. The molecule has 1 aromatic rings. The molecule has 1 atom stereocenters. The van der Waals surface area contributed by atoms with Crippen molar-refractivity contribution in [2.75, 3.05) is 18.6 Å². The van der Waals surface area contributed by atoms with E-state index in [1.54, 1.807) is 7.11 Å². The Labute approximate surface area is 118 Å². The lowest BCUT2D eigenvalue weighted by Gasteiger charge is -2.17. The second-order valence-corrected chi connectivity index (χ2v) is 6.64. The van der Waals surface area contributed by atoms with Crippen LogP contribution in [0, 0.1) is 0 Å². The maximum Gasteiger partial charge on any atom is 0.161 e. The summed E-state index contributed by atoms with van der Waals surface area (Å²) in [6, 6.07) is 6.01. The molecule has 1 aliphatic carbocycles. The zero-order valence-corrected chi connectivity index (χ0v) is 12.0. The van der Waals surface area contributed by atoms with Gasteiger partial charge in [-0.05, 0) is 42.7 Å². The summed E-state index contributed by atoms with van der Waals surface area (Å²) in [7, 11) is 1.67. The molecule has 0 bridgehead atoms. The molecule has 3 rings (SSSR count). The minimum absolute atomic E-state index is 0.303. The molecule has 1 saturated carbocycles. The summed E-state index contributed by atoms with van der Waals surface area (Å²) < 4.78 is 11.4. The van der Waals surface area contributed by atoms with Crippen molar-refractivity contribution in [3.63, 3.8) is 0 Å². The van der Waals surface area contributed by atoms with Crippen LogP contribution in [-0.4, -0.2) is 35.4 Å². The highest BCUT2D eigenvalue weighted by atomic mass is 32.2. The third kappa shape index (κ3) is 3.18. The predicted molar refractivity (Wildman–Crippen MR) is 77.2 cm³/mol. The number of ether oxygens (including phenoxy) is 2. The predicted octanol–water partition coefficient (Wildman–Crippen LogP) is 2.65. The van der Waals surface area contributed by atoms with Crippen LogP contribution < -0.4 is 9.47 Å². The lowest BCUT2D eigenvalue weighted by molar-refractivity contribution is 0.150. The number of hydrogen-bond donors (Lipinski definition) is 1. The molecule has 1 saturated heterocycles. The molecular weight excluding hydrogens is 260 g/mol. The van der Waals surface area contributed by atoms with Crippen LogP contribution in [0.1, 0.15) is 24.8 Å². The van der Waals surface area contributed by atoms with E-state index in [4.69, 9.17) is 9.47 Å². The summed E-state index contributed by atoms with van der Waals surface area (Å²) >= 11 is 1.94. The van der Waals surface area contributed by atoms with Gasteiger partial charge in [-0.3, -0.25) is 0 Å². The quantitative estimate of drug-likeness (QED) is 0.900. The van der Waals surface area contributed by atoms with Crippen molar-refractivity contribution in [2.45, 2.75) is 37.4 Å². The summed E-state index contributed by atoms with van der Waals surface area (Å²) in [6.45, 7) is 0. The molecule has 1 heterocycles. The van der Waals surface area contributed by atoms with Crippen molar-refractivity contribution < 1.29 is 14.6 Å². The lowest BCUT2D eigenvalue weighted by Crippen LogP contribution is -2.15. The van der Waals surface area contributed by atoms with Crippen LogP contribution in [0.4, 0.5) is 0 Å². The Hall–Kier alpha value is -0.870. The minimum atomic E-state index is -0.463. The van der Waals surface area contributed by atoms with E-state index in [1.807, 2.05) is 30.0 Å². The minimum Gasteiger partial charge on any atom is -0.493 e. The number of aliphatic hydroxyl groups is 1. The molecule has 19 heavy (non-hydrogen) atoms. The van der Waals surface area contributed by atoms with Gasteiger partial charge in [-0.15, -0.1) is 0 Å². The van der Waals surface area contributed by atoms with Crippen molar-refractivity contribution in [1.29, 1.82) is 0 Å². The highest BCUT2D eigenvalue weighted by Crippen LogP contribution is 2.40. The maximum atomic E-state index is 9.97. The second-order valence-electron chi connectivity index (χ2n) is 5.49. The largest absolute Gasteiger partial charge is 0.493 e. The van der Waals surface area contributed by atoms with Gasteiger partial charge in [0.25, 0.3) is 0 Å². The van der Waals surface area contributed by atoms with Crippen molar-refractivity contribution in [2.24, 2.45) is 0 Å². The van der Waals surface area contributed by atoms with E-state index in [-0.39, 0.29) is 0 Å². The zero-order chi connectivity index (χ0) is 13.3. The summed E-state index contributed by atoms with van der Waals surface area (Å²) in [5.41, 5.74) is 0.653. The van der Waals surface area contributed by atoms with Gasteiger partial charge in [0.05, 0.1) is 12.7 Å². The smallest absolute Gasteiger partial charge is 0.161 e. The van der Waals surface area contributed by atoms with Crippen molar-refractivity contribution in [3.05, 3.63) is 23.8 Å². The summed E-state index contributed by atoms with van der Waals surface area (Å²) in [4.78, 5) is 0. The van der Waals surface area contributed by atoms with Crippen molar-refractivity contribution in [3.8, 4) is 11.5 Å². The molecule has 2 fully saturated rings. The van der Waals surface area contributed by atoms with Gasteiger partial charge >= 0.3 is 0 Å². The summed E-state index contributed by atoms with van der Waals surface area (Å²) in [5.74, 6) is 3.84. The highest BCUT2D eigenvalue weighted by Gasteiger charge is 2.40. The molecule has 0 aromatic heterocycles. The normalized spacial score (nSPS) is 24.2. The van der Waals surface area contributed by atoms with Crippen LogP contribution in [0.5, 0.6) is 11.5 Å². The molecular formula is C15H20O3S. The van der Waals surface area contributed by atoms with Gasteiger partial charge < -0.3 is 14.6 Å². The van der Waals surface area contributed by atoms with Crippen molar-refractivity contribution in [1.82, 2.24) is 0 Å². The molecule has 1 aliphatic heterocycles. The molecule has 1 aromatic carbocycles. The van der Waals surface area contributed by atoms with Crippen LogP contribution in [0.15, 0.2) is 18.2 Å². The molecule has 104 valence electrons. The third-order valence-electron chi connectivity index (χ3n) is 3.77. The fraction of sp³-hybridized carbons (Fsp3) is 0.600. The molecule has 3 nitrogen and oxygen atoms in total. The van der Waals surface area contributed by atoms with Gasteiger partial charge in [0, 0.05) is 12.2 Å². The van der Waals surface area contributed by atoms with E-state index in [1.165, 1.54) is 5.75 Å². The standard InChI is InChI=1S/C15H20O3S/c1-17-14-8-11(9-15(16)5-6-15)2-3-13(14)18-12-4-7-19-10-12/h2-3,8,12,16H,4-7,9-10H2,1H3. The highest BCUT2D eigenvalue weighted by molar-refractivity contribution is 7.99. The first-order chi connectivity index (χ1) is 9.18. The van der Waals surface area contributed by atoms with E-state index in [0.29, 0.717) is 12.5 Å².